The minimum atomic E-state index is 0.633. The van der Waals surface area contributed by atoms with Crippen molar-refractivity contribution in [3.63, 3.8) is 0 Å². The molecule has 0 spiro atoms. The second-order valence-corrected chi connectivity index (χ2v) is 5.29. The summed E-state index contributed by atoms with van der Waals surface area (Å²) in [7, 11) is 1.84. The second kappa shape index (κ2) is 7.26. The molecular weight excluding hydrogens is 252 g/mol. The molecule has 1 aliphatic rings. The highest BCUT2D eigenvalue weighted by atomic mass is 15.3. The molecule has 0 aliphatic carbocycles. The van der Waals surface area contributed by atoms with E-state index < -0.39 is 0 Å². The highest BCUT2D eigenvalue weighted by Crippen LogP contribution is 2.19. The van der Waals surface area contributed by atoms with Gasteiger partial charge in [0, 0.05) is 26.7 Å². The topological polar surface area (TPSA) is 66.0 Å². The molecule has 0 bridgehead atoms. The number of anilines is 3. The van der Waals surface area contributed by atoms with E-state index in [0.717, 1.165) is 25.6 Å². The van der Waals surface area contributed by atoms with Gasteiger partial charge in [0.05, 0.1) is 0 Å². The van der Waals surface area contributed by atoms with Crippen LogP contribution in [0, 0.1) is 5.92 Å². The number of nitrogens with zero attached hydrogens (tertiary/aromatic N) is 4. The Morgan fingerprint density at radius 2 is 1.70 bits per heavy atom. The lowest BCUT2D eigenvalue weighted by Gasteiger charge is -2.18. The van der Waals surface area contributed by atoms with Gasteiger partial charge in [-0.1, -0.05) is 26.7 Å². The third kappa shape index (κ3) is 3.71. The number of nitrogens with one attached hydrogen (secondary N) is 2. The minimum Gasteiger partial charge on any atom is -0.357 e. The average molecular weight is 278 g/mol. The van der Waals surface area contributed by atoms with Crippen LogP contribution in [-0.2, 0) is 0 Å². The van der Waals surface area contributed by atoms with Crippen LogP contribution < -0.4 is 15.5 Å². The van der Waals surface area contributed by atoms with E-state index in [1.807, 2.05) is 7.05 Å². The number of hydrogen-bond donors (Lipinski definition) is 2. The van der Waals surface area contributed by atoms with Crippen molar-refractivity contribution < 1.29 is 0 Å². The van der Waals surface area contributed by atoms with E-state index in [1.165, 1.54) is 25.7 Å². The Morgan fingerprint density at radius 1 is 1.05 bits per heavy atom. The highest BCUT2D eigenvalue weighted by Gasteiger charge is 2.17. The molecule has 1 aliphatic heterocycles. The number of aromatic nitrogens is 3. The van der Waals surface area contributed by atoms with Gasteiger partial charge in [0.15, 0.2) is 0 Å². The van der Waals surface area contributed by atoms with Crippen LogP contribution in [0.25, 0.3) is 0 Å². The van der Waals surface area contributed by atoms with Gasteiger partial charge >= 0.3 is 0 Å². The van der Waals surface area contributed by atoms with Crippen LogP contribution in [0.5, 0.6) is 0 Å². The zero-order valence-electron chi connectivity index (χ0n) is 12.8. The second-order valence-electron chi connectivity index (χ2n) is 5.29. The van der Waals surface area contributed by atoms with Gasteiger partial charge in [-0.15, -0.1) is 0 Å². The predicted molar refractivity (Wildman–Crippen MR) is 83.4 cm³/mol. The lowest BCUT2D eigenvalue weighted by atomic mass is 10.0. The molecule has 20 heavy (non-hydrogen) atoms. The number of hydrogen-bond acceptors (Lipinski definition) is 6. The zero-order valence-corrected chi connectivity index (χ0v) is 12.8. The smallest absolute Gasteiger partial charge is 0.231 e. The van der Waals surface area contributed by atoms with Crippen LogP contribution in [0.15, 0.2) is 0 Å². The molecule has 2 rings (SSSR count). The van der Waals surface area contributed by atoms with E-state index >= 15 is 0 Å². The highest BCUT2D eigenvalue weighted by molar-refractivity contribution is 5.44. The van der Waals surface area contributed by atoms with Crippen LogP contribution in [0.2, 0.25) is 0 Å². The maximum Gasteiger partial charge on any atom is 0.231 e. The molecule has 0 unspecified atom stereocenters. The fraction of sp³-hybridized carbons (Fsp3) is 0.786. The lowest BCUT2D eigenvalue weighted by Crippen LogP contribution is -2.23. The summed E-state index contributed by atoms with van der Waals surface area (Å²) in [5, 5.41) is 6.37. The molecule has 1 aromatic rings. The Hall–Kier alpha value is -1.59. The van der Waals surface area contributed by atoms with E-state index in [2.05, 4.69) is 44.3 Å². The van der Waals surface area contributed by atoms with Crippen molar-refractivity contribution in [3.05, 3.63) is 0 Å². The first-order chi connectivity index (χ1) is 9.76. The van der Waals surface area contributed by atoms with E-state index in [-0.39, 0.29) is 0 Å². The molecule has 1 fully saturated rings. The minimum absolute atomic E-state index is 0.633. The molecule has 0 radical (unpaired) electrons. The van der Waals surface area contributed by atoms with E-state index in [0.29, 0.717) is 17.8 Å². The SMILES string of the molecule is CCC(CC)CNc1nc(NC)nc(N2CCCC2)n1. The standard InChI is InChI=1S/C14H26N6/c1-4-11(5-2)10-16-13-17-12(15-3)18-14(19-13)20-8-6-7-9-20/h11H,4-10H2,1-3H3,(H2,15,16,17,18,19). The van der Waals surface area contributed by atoms with Crippen molar-refractivity contribution in [1.29, 1.82) is 0 Å². The molecule has 1 saturated heterocycles. The molecule has 2 N–H and O–H groups in total. The summed E-state index contributed by atoms with van der Waals surface area (Å²) in [4.78, 5) is 15.6. The van der Waals surface area contributed by atoms with Gasteiger partial charge in [-0.25, -0.2) is 0 Å². The quantitative estimate of drug-likeness (QED) is 0.798. The molecule has 0 saturated carbocycles. The van der Waals surface area contributed by atoms with Crippen LogP contribution in [0.4, 0.5) is 17.8 Å². The Labute approximate surface area is 121 Å². The summed E-state index contributed by atoms with van der Waals surface area (Å²) < 4.78 is 0. The fourth-order valence-corrected chi connectivity index (χ4v) is 2.43. The summed E-state index contributed by atoms with van der Waals surface area (Å²) in [5.41, 5.74) is 0. The van der Waals surface area contributed by atoms with Crippen molar-refractivity contribution in [2.75, 3.05) is 42.2 Å². The predicted octanol–water partition coefficient (Wildman–Crippen LogP) is 2.36. The van der Waals surface area contributed by atoms with Gasteiger partial charge in [-0.05, 0) is 18.8 Å². The normalized spacial score (nSPS) is 14.9. The van der Waals surface area contributed by atoms with E-state index in [4.69, 9.17) is 0 Å². The van der Waals surface area contributed by atoms with Gasteiger partial charge in [-0.3, -0.25) is 0 Å². The molecule has 112 valence electrons. The first-order valence-electron chi connectivity index (χ1n) is 7.69. The summed E-state index contributed by atoms with van der Waals surface area (Å²) >= 11 is 0. The molecule has 0 amide bonds. The number of rotatable bonds is 7. The third-order valence-electron chi connectivity index (χ3n) is 3.94. The van der Waals surface area contributed by atoms with Crippen molar-refractivity contribution in [1.82, 2.24) is 15.0 Å². The monoisotopic (exact) mass is 278 g/mol. The Kier molecular flexibility index (Phi) is 5.38. The summed E-state index contributed by atoms with van der Waals surface area (Å²) in [6.07, 6.45) is 4.78. The molecule has 6 nitrogen and oxygen atoms in total. The molecule has 0 aromatic carbocycles. The van der Waals surface area contributed by atoms with Crippen LogP contribution in [-0.4, -0.2) is 41.6 Å². The molecule has 0 atom stereocenters. The largest absolute Gasteiger partial charge is 0.357 e. The average Bonchev–Trinajstić information content (AvgIpc) is 3.02. The van der Waals surface area contributed by atoms with Crippen LogP contribution >= 0.6 is 0 Å². The first-order valence-corrected chi connectivity index (χ1v) is 7.69. The fourth-order valence-electron chi connectivity index (χ4n) is 2.43. The van der Waals surface area contributed by atoms with Crippen molar-refractivity contribution >= 4 is 17.8 Å². The zero-order chi connectivity index (χ0) is 14.4. The Bertz CT molecular complexity index is 412. The van der Waals surface area contributed by atoms with Crippen molar-refractivity contribution in [2.24, 2.45) is 5.92 Å². The maximum atomic E-state index is 4.56. The third-order valence-corrected chi connectivity index (χ3v) is 3.94. The van der Waals surface area contributed by atoms with Crippen molar-refractivity contribution in [2.45, 2.75) is 39.5 Å². The van der Waals surface area contributed by atoms with E-state index in [9.17, 15) is 0 Å². The summed E-state index contributed by atoms with van der Waals surface area (Å²) in [6.45, 7) is 7.44. The maximum absolute atomic E-state index is 4.56. The van der Waals surface area contributed by atoms with Gasteiger partial charge in [0.2, 0.25) is 17.8 Å². The van der Waals surface area contributed by atoms with Crippen LogP contribution in [0.1, 0.15) is 39.5 Å². The summed E-state index contributed by atoms with van der Waals surface area (Å²) in [6, 6.07) is 0. The molecule has 1 aromatic heterocycles. The summed E-state index contributed by atoms with van der Waals surface area (Å²) in [5.74, 6) is 2.76. The molecular formula is C14H26N6. The molecule has 6 heteroatoms. The van der Waals surface area contributed by atoms with Crippen LogP contribution in [0.3, 0.4) is 0 Å². The van der Waals surface area contributed by atoms with Gasteiger partial charge in [0.25, 0.3) is 0 Å². The van der Waals surface area contributed by atoms with Gasteiger partial charge < -0.3 is 15.5 Å². The Morgan fingerprint density at radius 3 is 2.30 bits per heavy atom. The lowest BCUT2D eigenvalue weighted by molar-refractivity contribution is 0.517. The Balaban J connectivity index is 2.08. The van der Waals surface area contributed by atoms with Gasteiger partial charge in [0.1, 0.15) is 0 Å². The first kappa shape index (κ1) is 14.8. The molecule has 2 heterocycles. The van der Waals surface area contributed by atoms with Gasteiger partial charge in [-0.2, -0.15) is 15.0 Å². The van der Waals surface area contributed by atoms with Crippen molar-refractivity contribution in [3.8, 4) is 0 Å². The van der Waals surface area contributed by atoms with E-state index in [1.54, 1.807) is 0 Å².